The number of Topliss-reactive ketones (excluding diaryl/α,β-unsaturated/α-hetero) is 3. The quantitative estimate of drug-likeness (QED) is 0.0396. The van der Waals surface area contributed by atoms with Gasteiger partial charge in [0.1, 0.15) is 48.5 Å². The summed E-state index contributed by atoms with van der Waals surface area (Å²) in [6.07, 6.45) is -7.18. The number of primary amides is 2. The van der Waals surface area contributed by atoms with Gasteiger partial charge in [0.2, 0.25) is 65.0 Å². The molecule has 0 bridgehead atoms. The van der Waals surface area contributed by atoms with Gasteiger partial charge in [-0.3, -0.25) is 71.9 Å². The number of carboxylic acid groups (broad SMARTS) is 1. The van der Waals surface area contributed by atoms with E-state index in [4.69, 9.17) is 27.7 Å². The number of nitrogens with two attached hydrogens (primary N) is 4. The van der Waals surface area contributed by atoms with Crippen molar-refractivity contribution >= 4 is 105 Å². The summed E-state index contributed by atoms with van der Waals surface area (Å²) in [7, 11) is 2.49. The number of cyclic esters (lactones) is 1. The van der Waals surface area contributed by atoms with E-state index >= 15 is 9.59 Å². The Hall–Kier alpha value is -10.1. The maximum absolute atomic E-state index is 15.1. The zero-order valence-corrected chi connectivity index (χ0v) is 64.5. The van der Waals surface area contributed by atoms with Crippen molar-refractivity contribution in [1.29, 1.82) is 0 Å². The van der Waals surface area contributed by atoms with Crippen LogP contribution in [0.25, 0.3) is 10.9 Å². The highest BCUT2D eigenvalue weighted by molar-refractivity contribution is 6.01. The fourth-order valence-corrected chi connectivity index (χ4v) is 13.0. The maximum Gasteiger partial charge on any atom is 0.329 e. The van der Waals surface area contributed by atoms with Crippen LogP contribution < -0.4 is 60.2 Å². The van der Waals surface area contributed by atoms with Gasteiger partial charge in [-0.1, -0.05) is 96.5 Å². The predicted octanol–water partition coefficient (Wildman–Crippen LogP) is -1.75. The topological polar surface area (TPSA) is 574 Å². The Morgan fingerprint density at radius 3 is 1.74 bits per heavy atom. The van der Waals surface area contributed by atoms with E-state index < -0.39 is 243 Å². The van der Waals surface area contributed by atoms with Gasteiger partial charge in [-0.2, -0.15) is 0 Å². The molecule has 3 aromatic rings. The number of likely N-dealkylation sites (N-methyl/N-ethyl adjacent to an activating group) is 2. The Kier molecular flexibility index (Phi) is 39.1. The van der Waals surface area contributed by atoms with Crippen molar-refractivity contribution in [3.05, 3.63) is 71.9 Å². The molecule has 0 aliphatic carbocycles. The summed E-state index contributed by atoms with van der Waals surface area (Å²) >= 11 is 0. The van der Waals surface area contributed by atoms with Crippen molar-refractivity contribution < 1.29 is 102 Å². The van der Waals surface area contributed by atoms with Crippen LogP contribution in [0.5, 0.6) is 0 Å². The Morgan fingerprint density at radius 2 is 1.14 bits per heavy atom. The molecule has 11 amide bonds. The summed E-state index contributed by atoms with van der Waals surface area (Å²) in [5.74, 6) is -23.4. The Balaban J connectivity index is 1.92. The fraction of sp³-hybridized carbons (Fsp3) is 0.605. The highest BCUT2D eigenvalue weighted by Gasteiger charge is 2.42. The van der Waals surface area contributed by atoms with Gasteiger partial charge in [0.25, 0.3) is 0 Å². The van der Waals surface area contributed by atoms with Crippen LogP contribution in [-0.4, -0.2) is 237 Å². The van der Waals surface area contributed by atoms with E-state index in [-0.39, 0.29) is 76.3 Å². The minimum Gasteiger partial charge on any atom is -0.481 e. The van der Waals surface area contributed by atoms with Crippen LogP contribution in [0.3, 0.4) is 0 Å². The standard InChI is InChI=1S/C76H114N14O21/c1-41(2)17-14-20-48-34-63(97)83-56(39-91)61(95)35-50(67(101)68(80)102)71(105)88-57(40-92)72(106)82-38-64(98)89(7)58(30-44-18-10-9-11-19-44)74(108)87-55(29-42(3)4)73(107)84-52(23-15-27-77)59(93)32-45(25-26-65(99)100)69(103)86-54(36-62(79)96)60(94)33-46(31-47-37-81-51-22-13-12-21-49(47)51)70(104)85-53(24-16-28-78)75(109)90(8)66(43(5)6)76(110)111-48/h9-13,18-19,21-22,37,41-43,45-46,48,50,52-58,66-67,81,91-92,101H,14-17,20,23-36,38-40,77-78H2,1-8H3,(H2,79,96)(H2,80,102)(H,82,106)(H,83,97)(H,84,107)(H,85,104)(H,86,103)(H,87,108)(H,88,105)(H,99,100). The SMILES string of the molecule is CC(C)CCCC1CC(=O)NC(CO)C(=O)CC(C(O)C(N)=O)C(=O)NC(CO)C(=O)NCC(=O)N(C)C(Cc2ccccc2)C(=O)NC(CC(C)C)C(=O)NC(CCCN)C(=O)CC(CCC(=O)O)C(=O)NC(CC(N)=O)C(=O)CC(Cc2c[nH]c3ccccc23)C(=O)NC(CCCN)C(=O)N(C)C(C(C)C)C(=O)O1. The van der Waals surface area contributed by atoms with E-state index in [9.17, 15) is 87.5 Å². The Morgan fingerprint density at radius 1 is 0.577 bits per heavy atom. The molecule has 0 radical (unpaired) electrons. The number of carboxylic acids is 1. The minimum absolute atomic E-state index is 0.00369. The summed E-state index contributed by atoms with van der Waals surface area (Å²) < 4.78 is 6.04. The van der Waals surface area contributed by atoms with Crippen LogP contribution in [0.4, 0.5) is 0 Å². The largest absolute Gasteiger partial charge is 0.481 e. The molecule has 35 nitrogen and oxygen atoms in total. The number of ether oxygens (including phenoxy) is 1. The van der Waals surface area contributed by atoms with Gasteiger partial charge in [0.05, 0.1) is 50.6 Å². The Bertz CT molecular complexity index is 3700. The highest BCUT2D eigenvalue weighted by Crippen LogP contribution is 2.27. The molecule has 2 aromatic carbocycles. The third-order valence-corrected chi connectivity index (χ3v) is 19.3. The number of nitrogens with zero attached hydrogens (tertiary/aromatic N) is 2. The van der Waals surface area contributed by atoms with Gasteiger partial charge in [-0.15, -0.1) is 0 Å². The first-order valence-electron chi connectivity index (χ1n) is 37.5. The van der Waals surface area contributed by atoms with Crippen molar-refractivity contribution in [2.75, 3.05) is 46.9 Å². The second-order valence-corrected chi connectivity index (χ2v) is 29.5. The number of rotatable bonds is 26. The van der Waals surface area contributed by atoms with Crippen LogP contribution in [0, 0.1) is 35.5 Å². The van der Waals surface area contributed by atoms with Crippen molar-refractivity contribution in [2.45, 2.75) is 211 Å². The number of aliphatic hydroxyl groups excluding tert-OH is 3. The summed E-state index contributed by atoms with van der Waals surface area (Å²) in [4.78, 5) is 231. The van der Waals surface area contributed by atoms with Crippen molar-refractivity contribution in [1.82, 2.24) is 52.0 Å². The van der Waals surface area contributed by atoms with E-state index in [2.05, 4.69) is 42.2 Å². The lowest BCUT2D eigenvalue weighted by Gasteiger charge is -2.34. The van der Waals surface area contributed by atoms with Crippen LogP contribution in [0.15, 0.2) is 60.8 Å². The maximum atomic E-state index is 15.1. The van der Waals surface area contributed by atoms with E-state index in [0.29, 0.717) is 34.9 Å². The Labute approximate surface area is 645 Å². The third-order valence-electron chi connectivity index (χ3n) is 19.3. The van der Waals surface area contributed by atoms with E-state index in [1.807, 2.05) is 13.8 Å². The lowest BCUT2D eigenvalue weighted by atomic mass is 9.88. The smallest absolute Gasteiger partial charge is 0.329 e. The monoisotopic (exact) mass is 1560 g/mol. The van der Waals surface area contributed by atoms with E-state index in [0.717, 1.165) is 9.80 Å². The second-order valence-electron chi connectivity index (χ2n) is 29.5. The number of ketones is 3. The molecule has 614 valence electrons. The number of fused-ring (bicyclic) bond motifs is 1. The molecule has 2 heterocycles. The predicted molar refractivity (Wildman–Crippen MR) is 403 cm³/mol. The van der Waals surface area contributed by atoms with Gasteiger partial charge in [-0.05, 0) is 106 Å². The van der Waals surface area contributed by atoms with Crippen molar-refractivity contribution in [3.8, 4) is 0 Å². The molecule has 1 saturated heterocycles. The minimum atomic E-state index is -2.47. The molecule has 4 rings (SSSR count). The molecule has 1 aromatic heterocycles. The average Bonchev–Trinajstić information content (AvgIpc) is 1.77. The molecule has 111 heavy (non-hydrogen) atoms. The molecular weight excluding hydrogens is 1440 g/mol. The number of benzene rings is 2. The van der Waals surface area contributed by atoms with Crippen LogP contribution in [0.2, 0.25) is 0 Å². The molecule has 1 aliphatic heterocycles. The summed E-state index contributed by atoms with van der Waals surface area (Å²) in [6, 6.07) is 2.30. The molecule has 1 aliphatic rings. The summed E-state index contributed by atoms with van der Waals surface area (Å²) in [5.41, 5.74) is 24.7. The van der Waals surface area contributed by atoms with Crippen molar-refractivity contribution in [3.63, 3.8) is 0 Å². The molecular formula is C76H114N14O21. The number of aromatic nitrogens is 1. The highest BCUT2D eigenvalue weighted by atomic mass is 16.5. The number of para-hydroxylation sites is 1. The zero-order chi connectivity index (χ0) is 82.9. The number of H-pyrrole nitrogens is 1. The lowest BCUT2D eigenvalue weighted by Crippen LogP contribution is -2.58. The second kappa shape index (κ2) is 46.5. The first-order chi connectivity index (χ1) is 52.4. The summed E-state index contributed by atoms with van der Waals surface area (Å²) in [6.45, 7) is 7.21. The first-order valence-corrected chi connectivity index (χ1v) is 37.5. The number of hydrogen-bond donors (Lipinski definition) is 16. The summed E-state index contributed by atoms with van der Waals surface area (Å²) in [5, 5.41) is 59.8. The molecule has 13 atom stereocenters. The van der Waals surface area contributed by atoms with Crippen LogP contribution in [0.1, 0.15) is 149 Å². The number of nitrogens with one attached hydrogen (secondary N) is 8. The fourth-order valence-electron chi connectivity index (χ4n) is 13.0. The van der Waals surface area contributed by atoms with E-state index in [1.165, 1.54) is 14.1 Å². The van der Waals surface area contributed by atoms with Gasteiger partial charge in [0.15, 0.2) is 17.3 Å². The normalized spacial score (nSPS) is 24.5. The van der Waals surface area contributed by atoms with Crippen molar-refractivity contribution in [2.24, 2.45) is 58.4 Å². The first kappa shape index (κ1) is 93.3. The average molecular weight is 1560 g/mol. The van der Waals surface area contributed by atoms with Crippen LogP contribution >= 0.6 is 0 Å². The number of hydrogen-bond acceptors (Lipinski definition) is 22. The van der Waals surface area contributed by atoms with Gasteiger partial charge < -0.3 is 100 Å². The van der Waals surface area contributed by atoms with E-state index in [1.54, 1.807) is 88.5 Å². The lowest BCUT2D eigenvalue weighted by molar-refractivity contribution is -0.162. The molecule has 1 fully saturated rings. The van der Waals surface area contributed by atoms with Gasteiger partial charge in [0, 0.05) is 75.1 Å². The molecule has 13 unspecified atom stereocenters. The molecule has 0 spiro atoms. The third kappa shape index (κ3) is 30.3. The molecule has 35 heteroatoms. The number of esters is 1. The van der Waals surface area contributed by atoms with Gasteiger partial charge in [-0.25, -0.2) is 4.79 Å². The number of amides is 11. The number of aromatic amines is 1. The zero-order valence-electron chi connectivity index (χ0n) is 64.5. The molecule has 0 saturated carbocycles. The number of carbonyl (C=O) groups excluding carboxylic acids is 15. The number of aliphatic carboxylic acids is 1. The molecule has 20 N–H and O–H groups in total. The number of aliphatic hydroxyl groups is 3. The van der Waals surface area contributed by atoms with Gasteiger partial charge >= 0.3 is 11.9 Å². The van der Waals surface area contributed by atoms with Crippen LogP contribution in [-0.2, 0) is 94.3 Å². The number of carbonyl (C=O) groups is 16.